The van der Waals surface area contributed by atoms with Gasteiger partial charge in [0.25, 0.3) is 5.91 Å². The van der Waals surface area contributed by atoms with Crippen LogP contribution in [-0.2, 0) is 21.3 Å². The normalized spacial score (nSPS) is 14.4. The number of piperazine rings is 1. The molecule has 224 valence electrons. The number of anilines is 1. The molecule has 2 heterocycles. The Morgan fingerprint density at radius 3 is 2.19 bits per heavy atom. The lowest BCUT2D eigenvalue weighted by atomic mass is 9.95. The molecule has 1 aromatic heterocycles. The molecule has 1 aliphatic rings. The minimum atomic E-state index is -3.30. The SMILES string of the molecule is CCCS(=O)(=O)N1CCN(Cc2c(-c3ccccc3)nc3ccccc3c2C(=O)NN(C(=O)OC)c2ccccc2)CC1. The Morgan fingerprint density at radius 1 is 0.907 bits per heavy atom. The summed E-state index contributed by atoms with van der Waals surface area (Å²) in [5, 5.41) is 1.72. The second kappa shape index (κ2) is 13.3. The number of amides is 2. The predicted molar refractivity (Wildman–Crippen MR) is 167 cm³/mol. The Morgan fingerprint density at radius 2 is 1.53 bits per heavy atom. The first kappa shape index (κ1) is 30.1. The van der Waals surface area contributed by atoms with Crippen molar-refractivity contribution in [3.05, 3.63) is 96.1 Å². The van der Waals surface area contributed by atoms with Crippen LogP contribution in [-0.4, -0.2) is 73.6 Å². The summed E-state index contributed by atoms with van der Waals surface area (Å²) >= 11 is 0. The molecular formula is C32H35N5O5S. The van der Waals surface area contributed by atoms with Crippen molar-refractivity contribution in [1.82, 2.24) is 19.6 Å². The van der Waals surface area contributed by atoms with Crippen LogP contribution in [0.15, 0.2) is 84.9 Å². The summed E-state index contributed by atoms with van der Waals surface area (Å²) in [5.41, 5.74) is 6.41. The first-order valence-corrected chi connectivity index (χ1v) is 15.8. The molecule has 0 aliphatic carbocycles. The second-order valence-corrected chi connectivity index (χ2v) is 12.4. The van der Waals surface area contributed by atoms with Crippen molar-refractivity contribution in [3.63, 3.8) is 0 Å². The minimum absolute atomic E-state index is 0.127. The topological polar surface area (TPSA) is 112 Å². The van der Waals surface area contributed by atoms with Crippen LogP contribution in [0.2, 0.25) is 0 Å². The molecule has 0 atom stereocenters. The average molecular weight is 602 g/mol. The van der Waals surface area contributed by atoms with E-state index in [1.807, 2.05) is 67.6 Å². The van der Waals surface area contributed by atoms with Gasteiger partial charge in [0, 0.05) is 49.2 Å². The van der Waals surface area contributed by atoms with Gasteiger partial charge >= 0.3 is 6.09 Å². The van der Waals surface area contributed by atoms with Crippen molar-refractivity contribution < 1.29 is 22.7 Å². The maximum absolute atomic E-state index is 14.3. The number of carbonyl (C=O) groups is 2. The zero-order valence-corrected chi connectivity index (χ0v) is 25.1. The van der Waals surface area contributed by atoms with Crippen LogP contribution >= 0.6 is 0 Å². The van der Waals surface area contributed by atoms with Gasteiger partial charge < -0.3 is 4.74 Å². The molecule has 0 spiro atoms. The fourth-order valence-corrected chi connectivity index (χ4v) is 6.81. The van der Waals surface area contributed by atoms with E-state index in [0.717, 1.165) is 10.6 Å². The molecule has 43 heavy (non-hydrogen) atoms. The molecule has 0 bridgehead atoms. The Kier molecular flexibility index (Phi) is 9.34. The summed E-state index contributed by atoms with van der Waals surface area (Å²) in [7, 11) is -2.05. The standard InChI is InChI=1S/C32H35N5O5S/c1-3-22-43(40,41)36-20-18-35(19-21-36)23-27-29(31(38)34-37(32(39)42-2)25-14-8-5-9-15-25)26-16-10-11-17-28(26)33-30(27)24-12-6-4-7-13-24/h4-17H,3,18-23H2,1-2H3,(H,34,38). The number of fused-ring (bicyclic) bond motifs is 1. The van der Waals surface area contributed by atoms with Gasteiger partial charge in [-0.15, -0.1) is 0 Å². The molecule has 2 amide bonds. The summed E-state index contributed by atoms with van der Waals surface area (Å²) in [4.78, 5) is 34.2. The number of hydrogen-bond acceptors (Lipinski definition) is 7. The van der Waals surface area contributed by atoms with Crippen LogP contribution in [0.3, 0.4) is 0 Å². The molecule has 11 heteroatoms. The lowest BCUT2D eigenvalue weighted by molar-refractivity contribution is 0.0940. The lowest BCUT2D eigenvalue weighted by Crippen LogP contribution is -2.49. The van der Waals surface area contributed by atoms with Crippen molar-refractivity contribution in [2.45, 2.75) is 19.9 Å². The third-order valence-corrected chi connectivity index (χ3v) is 9.50. The van der Waals surface area contributed by atoms with E-state index in [4.69, 9.17) is 9.72 Å². The minimum Gasteiger partial charge on any atom is -0.451 e. The van der Waals surface area contributed by atoms with Gasteiger partial charge in [0.1, 0.15) is 0 Å². The number of para-hydroxylation sites is 2. The molecule has 4 aromatic rings. The molecule has 1 saturated heterocycles. The summed E-state index contributed by atoms with van der Waals surface area (Å²) in [5.74, 6) is -0.369. The van der Waals surface area contributed by atoms with Gasteiger partial charge in [-0.3, -0.25) is 15.1 Å². The van der Waals surface area contributed by atoms with E-state index < -0.39 is 22.0 Å². The van der Waals surface area contributed by atoms with Crippen LogP contribution < -0.4 is 10.4 Å². The third-order valence-electron chi connectivity index (χ3n) is 7.42. The van der Waals surface area contributed by atoms with E-state index in [1.54, 1.807) is 28.6 Å². The van der Waals surface area contributed by atoms with Crippen LogP contribution in [0.25, 0.3) is 22.2 Å². The third kappa shape index (κ3) is 6.69. The van der Waals surface area contributed by atoms with Crippen molar-refractivity contribution in [2.75, 3.05) is 44.1 Å². The average Bonchev–Trinajstić information content (AvgIpc) is 3.04. The number of nitrogens with one attached hydrogen (secondary N) is 1. The fraction of sp³-hybridized carbons (Fsp3) is 0.281. The summed E-state index contributed by atoms with van der Waals surface area (Å²) in [6.07, 6.45) is -0.178. The summed E-state index contributed by atoms with van der Waals surface area (Å²) < 4.78 is 31.9. The van der Waals surface area contributed by atoms with E-state index in [0.29, 0.717) is 72.6 Å². The molecule has 3 aromatic carbocycles. The highest BCUT2D eigenvalue weighted by molar-refractivity contribution is 7.89. The van der Waals surface area contributed by atoms with E-state index >= 15 is 0 Å². The van der Waals surface area contributed by atoms with Gasteiger partial charge in [-0.1, -0.05) is 73.7 Å². The Labute approximate surface area is 251 Å². The van der Waals surface area contributed by atoms with Crippen LogP contribution in [0.4, 0.5) is 10.5 Å². The number of benzene rings is 3. The van der Waals surface area contributed by atoms with E-state index in [1.165, 1.54) is 7.11 Å². The number of aromatic nitrogens is 1. The predicted octanol–water partition coefficient (Wildman–Crippen LogP) is 4.68. The van der Waals surface area contributed by atoms with Gasteiger partial charge in [0.15, 0.2) is 0 Å². The Hall–Kier alpha value is -4.32. The molecular weight excluding hydrogens is 566 g/mol. The lowest BCUT2D eigenvalue weighted by Gasteiger charge is -2.34. The van der Waals surface area contributed by atoms with E-state index in [9.17, 15) is 18.0 Å². The first-order valence-electron chi connectivity index (χ1n) is 14.2. The quantitative estimate of drug-likeness (QED) is 0.292. The maximum atomic E-state index is 14.3. The first-order chi connectivity index (χ1) is 20.8. The van der Waals surface area contributed by atoms with Crippen LogP contribution in [0.5, 0.6) is 0 Å². The van der Waals surface area contributed by atoms with Gasteiger partial charge in [0.2, 0.25) is 10.0 Å². The smallest absolute Gasteiger partial charge is 0.433 e. The number of hydrogen-bond donors (Lipinski definition) is 1. The van der Waals surface area contributed by atoms with Gasteiger partial charge in [0.05, 0.1) is 35.3 Å². The number of sulfonamides is 1. The van der Waals surface area contributed by atoms with Crippen molar-refractivity contribution in [2.24, 2.45) is 0 Å². The van der Waals surface area contributed by atoms with Crippen LogP contribution in [0.1, 0.15) is 29.3 Å². The van der Waals surface area contributed by atoms with Gasteiger partial charge in [-0.2, -0.15) is 9.31 Å². The zero-order valence-electron chi connectivity index (χ0n) is 24.3. The van der Waals surface area contributed by atoms with Crippen LogP contribution in [0, 0.1) is 0 Å². The zero-order chi connectivity index (χ0) is 30.4. The van der Waals surface area contributed by atoms with E-state index in [-0.39, 0.29) is 5.75 Å². The van der Waals surface area contributed by atoms with Crippen molar-refractivity contribution in [3.8, 4) is 11.3 Å². The molecule has 5 rings (SSSR count). The number of methoxy groups -OCH3 is 1. The van der Waals surface area contributed by atoms with Crippen molar-refractivity contribution >= 4 is 38.6 Å². The van der Waals surface area contributed by atoms with Gasteiger partial charge in [-0.05, 0) is 24.6 Å². The number of pyridine rings is 1. The number of hydrazine groups is 1. The molecule has 1 N–H and O–H groups in total. The molecule has 1 aliphatic heterocycles. The highest BCUT2D eigenvalue weighted by atomic mass is 32.2. The highest BCUT2D eigenvalue weighted by Crippen LogP contribution is 2.32. The molecule has 0 saturated carbocycles. The Balaban J connectivity index is 1.58. The fourth-order valence-electron chi connectivity index (χ4n) is 5.32. The second-order valence-electron chi connectivity index (χ2n) is 10.3. The summed E-state index contributed by atoms with van der Waals surface area (Å²) in [6, 6.07) is 25.8. The van der Waals surface area contributed by atoms with E-state index in [2.05, 4.69) is 10.3 Å². The number of rotatable bonds is 8. The molecule has 10 nitrogen and oxygen atoms in total. The molecule has 0 unspecified atom stereocenters. The monoisotopic (exact) mass is 601 g/mol. The largest absolute Gasteiger partial charge is 0.451 e. The van der Waals surface area contributed by atoms with Crippen molar-refractivity contribution in [1.29, 1.82) is 0 Å². The molecule has 0 radical (unpaired) electrons. The highest BCUT2D eigenvalue weighted by Gasteiger charge is 2.30. The maximum Gasteiger partial charge on any atom is 0.433 e. The number of ether oxygens (including phenoxy) is 1. The number of nitrogens with zero attached hydrogens (tertiary/aromatic N) is 4. The Bertz CT molecular complexity index is 1690. The number of carbonyl (C=O) groups excluding carboxylic acids is 2. The molecule has 1 fully saturated rings. The van der Waals surface area contributed by atoms with Gasteiger partial charge in [-0.25, -0.2) is 18.2 Å². The summed E-state index contributed by atoms with van der Waals surface area (Å²) in [6.45, 7) is 3.96.